The number of hydrogen-bond donors (Lipinski definition) is 2. The van der Waals surface area contributed by atoms with Crippen LogP contribution in [-0.2, 0) is 4.79 Å². The van der Waals surface area contributed by atoms with Crippen molar-refractivity contribution in [2.75, 3.05) is 19.7 Å². The van der Waals surface area contributed by atoms with Crippen LogP contribution in [0.4, 0.5) is 8.78 Å². The number of carbonyl (C=O) groups excluding carboxylic acids is 1. The van der Waals surface area contributed by atoms with E-state index in [0.717, 1.165) is 30.6 Å². The molecule has 4 nitrogen and oxygen atoms in total. The van der Waals surface area contributed by atoms with Gasteiger partial charge in [-0.15, -0.1) is 0 Å². The molecule has 1 rings (SSSR count). The molecule has 112 valence electrons. The second-order valence-corrected chi connectivity index (χ2v) is 5.37. The molecule has 1 saturated carbocycles. The number of alkyl halides is 2. The Hall–Kier alpha value is -0.750. The van der Waals surface area contributed by atoms with E-state index in [1.165, 1.54) is 0 Å². The van der Waals surface area contributed by atoms with Gasteiger partial charge in [0.1, 0.15) is 0 Å². The lowest BCUT2D eigenvalue weighted by Gasteiger charge is -2.33. The molecule has 6 heteroatoms. The van der Waals surface area contributed by atoms with Gasteiger partial charge in [0.15, 0.2) is 0 Å². The van der Waals surface area contributed by atoms with Crippen molar-refractivity contribution in [2.24, 2.45) is 17.6 Å². The lowest BCUT2D eigenvalue weighted by atomic mass is 9.78. The van der Waals surface area contributed by atoms with Gasteiger partial charge in [0.25, 0.3) is 6.43 Å². The normalized spacial score (nSPS) is 25.4. The summed E-state index contributed by atoms with van der Waals surface area (Å²) in [6.45, 7) is 0.838. The number of aliphatic hydroxyl groups excluding tert-OH is 1. The summed E-state index contributed by atoms with van der Waals surface area (Å²) in [6.07, 6.45) is 1.07. The first-order valence-electron chi connectivity index (χ1n) is 6.89. The highest BCUT2D eigenvalue weighted by atomic mass is 19.3. The van der Waals surface area contributed by atoms with Crippen molar-refractivity contribution >= 4 is 5.91 Å². The van der Waals surface area contributed by atoms with Gasteiger partial charge >= 0.3 is 0 Å². The fraction of sp³-hybridized carbons (Fsp3) is 0.923. The molecule has 0 aromatic carbocycles. The van der Waals surface area contributed by atoms with Gasteiger partial charge in [-0.3, -0.25) is 4.79 Å². The Morgan fingerprint density at radius 2 is 2.16 bits per heavy atom. The fourth-order valence-corrected chi connectivity index (χ4v) is 2.79. The highest BCUT2D eigenvalue weighted by molar-refractivity contribution is 5.78. The monoisotopic (exact) mass is 278 g/mol. The minimum atomic E-state index is -2.57. The van der Waals surface area contributed by atoms with E-state index in [2.05, 4.69) is 0 Å². The van der Waals surface area contributed by atoms with Crippen LogP contribution < -0.4 is 5.73 Å². The minimum absolute atomic E-state index is 0.0354. The third kappa shape index (κ3) is 5.03. The van der Waals surface area contributed by atoms with E-state index in [-0.39, 0.29) is 36.9 Å². The molecule has 0 heterocycles. The zero-order chi connectivity index (χ0) is 14.4. The summed E-state index contributed by atoms with van der Waals surface area (Å²) in [4.78, 5) is 13.3. The summed E-state index contributed by atoms with van der Waals surface area (Å²) in [5.41, 5.74) is 5.89. The number of nitrogens with two attached hydrogens (primary N) is 1. The van der Waals surface area contributed by atoms with Crippen molar-refractivity contribution in [3.8, 4) is 0 Å². The van der Waals surface area contributed by atoms with E-state index in [1.54, 1.807) is 6.92 Å². The minimum Gasteiger partial charge on any atom is -0.395 e. The van der Waals surface area contributed by atoms with E-state index in [4.69, 9.17) is 10.8 Å². The van der Waals surface area contributed by atoms with Gasteiger partial charge in [-0.1, -0.05) is 13.3 Å². The zero-order valence-corrected chi connectivity index (χ0v) is 11.4. The average molecular weight is 278 g/mol. The molecule has 1 amide bonds. The van der Waals surface area contributed by atoms with Crippen LogP contribution in [0.15, 0.2) is 0 Å². The van der Waals surface area contributed by atoms with E-state index in [1.807, 2.05) is 0 Å². The predicted molar refractivity (Wildman–Crippen MR) is 68.8 cm³/mol. The molecule has 0 aliphatic heterocycles. The Labute approximate surface area is 112 Å². The van der Waals surface area contributed by atoms with Crippen molar-refractivity contribution in [1.82, 2.24) is 4.90 Å². The number of rotatable bonds is 6. The number of aliphatic hydroxyl groups is 1. The van der Waals surface area contributed by atoms with Crippen LogP contribution in [-0.4, -0.2) is 48.1 Å². The molecule has 0 radical (unpaired) electrons. The maximum Gasteiger partial charge on any atom is 0.255 e. The van der Waals surface area contributed by atoms with Gasteiger partial charge in [0.05, 0.1) is 13.2 Å². The molecule has 0 saturated heterocycles. The maximum atomic E-state index is 12.4. The van der Waals surface area contributed by atoms with Crippen LogP contribution in [0.1, 0.15) is 32.6 Å². The predicted octanol–water partition coefficient (Wildman–Crippen LogP) is 1.23. The largest absolute Gasteiger partial charge is 0.395 e. The Balaban J connectivity index is 2.61. The summed E-state index contributed by atoms with van der Waals surface area (Å²) in [6, 6.07) is 0.107. The molecule has 0 bridgehead atoms. The molecule has 1 aliphatic carbocycles. The second kappa shape index (κ2) is 7.75. The Bertz CT molecular complexity index is 290. The van der Waals surface area contributed by atoms with E-state index in [9.17, 15) is 13.6 Å². The Morgan fingerprint density at radius 3 is 2.68 bits per heavy atom. The van der Waals surface area contributed by atoms with Gasteiger partial charge in [0.2, 0.25) is 5.91 Å². The molecule has 0 aromatic rings. The molecule has 3 atom stereocenters. The quantitative estimate of drug-likeness (QED) is 0.768. The van der Waals surface area contributed by atoms with Crippen LogP contribution in [0, 0.1) is 11.8 Å². The fourth-order valence-electron chi connectivity index (χ4n) is 2.79. The first-order valence-corrected chi connectivity index (χ1v) is 6.89. The Kier molecular flexibility index (Phi) is 6.65. The molecule has 0 aromatic heterocycles. The van der Waals surface area contributed by atoms with E-state index < -0.39 is 13.0 Å². The zero-order valence-electron chi connectivity index (χ0n) is 11.4. The van der Waals surface area contributed by atoms with Gasteiger partial charge < -0.3 is 15.7 Å². The molecule has 1 aliphatic rings. The topological polar surface area (TPSA) is 66.6 Å². The van der Waals surface area contributed by atoms with Crippen molar-refractivity contribution in [3.63, 3.8) is 0 Å². The molecule has 0 spiro atoms. The van der Waals surface area contributed by atoms with Crippen molar-refractivity contribution in [3.05, 3.63) is 0 Å². The first-order chi connectivity index (χ1) is 8.95. The van der Waals surface area contributed by atoms with Crippen molar-refractivity contribution in [1.29, 1.82) is 0 Å². The SMILES string of the molecule is CC(C(=O)N(CCO)CC(F)F)C1CCCC(N)C1. The van der Waals surface area contributed by atoms with Gasteiger partial charge in [-0.25, -0.2) is 8.78 Å². The van der Waals surface area contributed by atoms with Crippen LogP contribution >= 0.6 is 0 Å². The standard InChI is InChI=1S/C13H24F2N2O2/c1-9(10-3-2-4-11(16)7-10)13(19)17(5-6-18)8-12(14)15/h9-12,18H,2-8,16H2,1H3. The van der Waals surface area contributed by atoms with E-state index in [0.29, 0.717) is 0 Å². The van der Waals surface area contributed by atoms with Crippen LogP contribution in [0.25, 0.3) is 0 Å². The van der Waals surface area contributed by atoms with Gasteiger partial charge in [-0.2, -0.15) is 0 Å². The van der Waals surface area contributed by atoms with Crippen molar-refractivity contribution in [2.45, 2.75) is 45.1 Å². The molecular weight excluding hydrogens is 254 g/mol. The van der Waals surface area contributed by atoms with Crippen LogP contribution in [0.3, 0.4) is 0 Å². The summed E-state index contributed by atoms with van der Waals surface area (Å²) in [7, 11) is 0. The van der Waals surface area contributed by atoms with E-state index >= 15 is 0 Å². The summed E-state index contributed by atoms with van der Waals surface area (Å²) >= 11 is 0. The summed E-state index contributed by atoms with van der Waals surface area (Å²) < 4.78 is 24.9. The second-order valence-electron chi connectivity index (χ2n) is 5.37. The highest BCUT2D eigenvalue weighted by Crippen LogP contribution is 2.30. The van der Waals surface area contributed by atoms with Gasteiger partial charge in [-0.05, 0) is 25.2 Å². The lowest BCUT2D eigenvalue weighted by molar-refractivity contribution is -0.139. The van der Waals surface area contributed by atoms with Crippen LogP contribution in [0.5, 0.6) is 0 Å². The molecular formula is C13H24F2N2O2. The number of amides is 1. The number of carbonyl (C=O) groups is 1. The van der Waals surface area contributed by atoms with Crippen LogP contribution in [0.2, 0.25) is 0 Å². The molecule has 19 heavy (non-hydrogen) atoms. The Morgan fingerprint density at radius 1 is 1.47 bits per heavy atom. The molecule has 1 fully saturated rings. The third-order valence-electron chi connectivity index (χ3n) is 3.89. The summed E-state index contributed by atoms with van der Waals surface area (Å²) in [5.74, 6) is -0.444. The smallest absolute Gasteiger partial charge is 0.255 e. The summed E-state index contributed by atoms with van der Waals surface area (Å²) in [5, 5.41) is 8.87. The van der Waals surface area contributed by atoms with Gasteiger partial charge in [0, 0.05) is 18.5 Å². The first kappa shape index (κ1) is 16.3. The molecule has 3 N–H and O–H groups in total. The number of halogens is 2. The number of nitrogens with zero attached hydrogens (tertiary/aromatic N) is 1. The maximum absolute atomic E-state index is 12.4. The third-order valence-corrected chi connectivity index (χ3v) is 3.89. The average Bonchev–Trinajstić information content (AvgIpc) is 2.36. The highest BCUT2D eigenvalue weighted by Gasteiger charge is 2.31. The van der Waals surface area contributed by atoms with Crippen molar-refractivity contribution < 1.29 is 18.7 Å². The molecule has 3 unspecified atom stereocenters. The number of hydrogen-bond acceptors (Lipinski definition) is 3. The lowest BCUT2D eigenvalue weighted by Crippen LogP contribution is -2.43.